The van der Waals surface area contributed by atoms with Crippen LogP contribution in [0.25, 0.3) is 0 Å². The van der Waals surface area contributed by atoms with Crippen LogP contribution < -0.4 is 0 Å². The van der Waals surface area contributed by atoms with Crippen molar-refractivity contribution in [3.63, 3.8) is 0 Å². The molecule has 0 saturated heterocycles. The molecule has 0 saturated carbocycles. The van der Waals surface area contributed by atoms with E-state index in [1.54, 1.807) is 0 Å². The van der Waals surface area contributed by atoms with Crippen LogP contribution in [0.4, 0.5) is 87.8 Å². The van der Waals surface area contributed by atoms with Gasteiger partial charge in [-0.2, -0.15) is 79.0 Å². The normalized spacial score (nSPS) is 18.0. The Labute approximate surface area is 214 Å². The molecule has 0 fully saturated rings. The molecule has 23 heteroatoms. The minimum absolute atomic E-state index is 0.669. The van der Waals surface area contributed by atoms with Crippen molar-refractivity contribution in [2.45, 2.75) is 79.0 Å². The number of aliphatic hydroxyl groups excluding tert-OH is 1. The van der Waals surface area contributed by atoms with Crippen LogP contribution in [0, 0.1) is 0 Å². The minimum atomic E-state index is -9.33. The molecule has 2 unspecified atom stereocenters. The van der Waals surface area contributed by atoms with Gasteiger partial charge in [-0.1, -0.05) is 6.58 Å². The highest BCUT2D eigenvalue weighted by atomic mass is 19.4. The lowest BCUT2D eigenvalue weighted by Crippen LogP contribution is -2.81. The summed E-state index contributed by atoms with van der Waals surface area (Å²) in [4.78, 5) is 11.1. The highest BCUT2D eigenvalue weighted by Crippen LogP contribution is 2.68. The average molecular weight is 658 g/mol. The first-order chi connectivity index (χ1) is 17.6. The van der Waals surface area contributed by atoms with Gasteiger partial charge in [0.25, 0.3) is 5.67 Å². The number of aliphatic hydroxyl groups is 1. The number of halogens is 20. The molecule has 0 aromatic rings. The first-order valence-electron chi connectivity index (χ1n) is 9.85. The number of alkyl halides is 20. The molecule has 0 aliphatic carbocycles. The Hall–Kier alpha value is -2.23. The molecule has 2 atom stereocenters. The maximum absolute atomic E-state index is 14.7. The summed E-state index contributed by atoms with van der Waals surface area (Å²) in [6.45, 7) is -1.47. The SMILES string of the molecule is C=C(C)C(=O)OCCC(F)(C(F)(F)F)C(F)(F)C(F)(C(F)(F)F)C(F)(F)C(F)(F)C(F)(F)C(F)(F)C(F)(F)CCO. The number of esters is 1. The summed E-state index contributed by atoms with van der Waals surface area (Å²) in [6.07, 6.45) is -23.1. The van der Waals surface area contributed by atoms with E-state index in [-0.39, 0.29) is 0 Å². The minimum Gasteiger partial charge on any atom is -0.462 e. The van der Waals surface area contributed by atoms with Crippen LogP contribution in [-0.2, 0) is 9.53 Å². The standard InChI is InChI=1S/C18H14F20O3/c1-7(2)8(40)41-6-4-9(19,17(33,34)35)12(23,24)11(22,18(36,37)38)14(27,28)16(31,32)15(29,30)13(25,26)10(20,21)3-5-39/h39H,1,3-6H2,2H3. The third-order valence-corrected chi connectivity index (χ3v) is 5.30. The molecule has 0 bridgehead atoms. The van der Waals surface area contributed by atoms with E-state index < -0.39 is 96.8 Å². The largest absolute Gasteiger partial charge is 0.462 e. The highest BCUT2D eigenvalue weighted by Gasteiger charge is 2.99. The monoisotopic (exact) mass is 658 g/mol. The second-order valence-electron chi connectivity index (χ2n) is 8.17. The maximum atomic E-state index is 14.7. The van der Waals surface area contributed by atoms with Gasteiger partial charge in [-0.3, -0.25) is 0 Å². The molecule has 0 amide bonds. The zero-order chi connectivity index (χ0) is 33.7. The Morgan fingerprint density at radius 1 is 0.610 bits per heavy atom. The molecule has 1 N–H and O–H groups in total. The maximum Gasteiger partial charge on any atom is 0.435 e. The van der Waals surface area contributed by atoms with Gasteiger partial charge in [0, 0.05) is 25.0 Å². The van der Waals surface area contributed by atoms with Crippen molar-refractivity contribution in [3.05, 3.63) is 12.2 Å². The van der Waals surface area contributed by atoms with Crippen LogP contribution in [0.1, 0.15) is 19.8 Å². The molecule has 244 valence electrons. The first-order valence-corrected chi connectivity index (χ1v) is 9.85. The molecule has 3 nitrogen and oxygen atoms in total. The lowest BCUT2D eigenvalue weighted by Gasteiger charge is -2.49. The van der Waals surface area contributed by atoms with E-state index in [4.69, 9.17) is 5.11 Å². The highest BCUT2D eigenvalue weighted by molar-refractivity contribution is 5.86. The molecule has 0 aliphatic rings. The van der Waals surface area contributed by atoms with Crippen molar-refractivity contribution in [1.29, 1.82) is 0 Å². The zero-order valence-corrected chi connectivity index (χ0v) is 19.4. The summed E-state index contributed by atoms with van der Waals surface area (Å²) in [5.41, 5.74) is -17.6. The molecule has 0 spiro atoms. The summed E-state index contributed by atoms with van der Waals surface area (Å²) in [5, 5.41) is 8.15. The van der Waals surface area contributed by atoms with Crippen LogP contribution in [0.5, 0.6) is 0 Å². The number of carbonyl (C=O) groups is 1. The van der Waals surface area contributed by atoms with Gasteiger partial charge in [-0.05, 0) is 6.92 Å². The number of rotatable bonds is 13. The van der Waals surface area contributed by atoms with E-state index in [0.29, 0.717) is 6.92 Å². The molecule has 0 aliphatic heterocycles. The fourth-order valence-electron chi connectivity index (χ4n) is 2.85. The Kier molecular flexibility index (Phi) is 10.2. The first kappa shape index (κ1) is 38.8. The number of ether oxygens (including phenoxy) is 1. The second-order valence-corrected chi connectivity index (χ2v) is 8.17. The van der Waals surface area contributed by atoms with Gasteiger partial charge in [0.15, 0.2) is 0 Å². The quantitative estimate of drug-likeness (QED) is 0.129. The lowest BCUT2D eigenvalue weighted by molar-refractivity contribution is -0.470. The predicted molar refractivity (Wildman–Crippen MR) is 91.6 cm³/mol. The van der Waals surface area contributed by atoms with E-state index in [1.807, 2.05) is 0 Å². The molecular weight excluding hydrogens is 644 g/mol. The Morgan fingerprint density at radius 3 is 1.32 bits per heavy atom. The van der Waals surface area contributed by atoms with Gasteiger partial charge in [-0.15, -0.1) is 0 Å². The smallest absolute Gasteiger partial charge is 0.435 e. The molecule has 0 rings (SSSR count). The van der Waals surface area contributed by atoms with E-state index >= 15 is 0 Å². The summed E-state index contributed by atoms with van der Waals surface area (Å²) >= 11 is 0. The van der Waals surface area contributed by atoms with Crippen molar-refractivity contribution < 1.29 is 102 Å². The Balaban J connectivity index is 7.53. The summed E-state index contributed by atoms with van der Waals surface area (Å²) < 4.78 is 279. The van der Waals surface area contributed by atoms with E-state index in [9.17, 15) is 92.6 Å². The van der Waals surface area contributed by atoms with Crippen LogP contribution in [-0.4, -0.2) is 83.5 Å². The van der Waals surface area contributed by atoms with Gasteiger partial charge in [-0.25, -0.2) is 13.6 Å². The average Bonchev–Trinajstić information content (AvgIpc) is 2.75. The second kappa shape index (κ2) is 10.8. The summed E-state index contributed by atoms with van der Waals surface area (Å²) in [6, 6.07) is 0. The Bertz CT molecular complexity index is 967. The van der Waals surface area contributed by atoms with Crippen molar-refractivity contribution in [1.82, 2.24) is 0 Å². The van der Waals surface area contributed by atoms with Gasteiger partial charge in [0.1, 0.15) is 0 Å². The number of hydrogen-bond acceptors (Lipinski definition) is 3. The van der Waals surface area contributed by atoms with Gasteiger partial charge in [0.2, 0.25) is 0 Å². The Morgan fingerprint density at radius 2 is 1.00 bits per heavy atom. The number of carbonyl (C=O) groups excluding carboxylic acids is 1. The van der Waals surface area contributed by atoms with E-state index in [2.05, 4.69) is 11.3 Å². The van der Waals surface area contributed by atoms with Crippen LogP contribution >= 0.6 is 0 Å². The van der Waals surface area contributed by atoms with Gasteiger partial charge >= 0.3 is 59.5 Å². The topological polar surface area (TPSA) is 46.5 Å². The van der Waals surface area contributed by atoms with Gasteiger partial charge in [0.05, 0.1) is 6.61 Å². The van der Waals surface area contributed by atoms with Crippen LogP contribution in [0.3, 0.4) is 0 Å². The van der Waals surface area contributed by atoms with Crippen LogP contribution in [0.2, 0.25) is 0 Å². The fraction of sp³-hybridized carbons (Fsp3) is 0.833. The predicted octanol–water partition coefficient (Wildman–Crippen LogP) is 7.23. The lowest BCUT2D eigenvalue weighted by atomic mass is 9.74. The van der Waals surface area contributed by atoms with E-state index in [0.717, 1.165) is 0 Å². The van der Waals surface area contributed by atoms with Crippen LogP contribution in [0.15, 0.2) is 12.2 Å². The molecule has 0 aromatic carbocycles. The molecule has 41 heavy (non-hydrogen) atoms. The van der Waals surface area contributed by atoms with Gasteiger partial charge < -0.3 is 9.84 Å². The molecule has 0 heterocycles. The van der Waals surface area contributed by atoms with Crippen molar-refractivity contribution in [2.75, 3.05) is 13.2 Å². The zero-order valence-electron chi connectivity index (χ0n) is 19.4. The van der Waals surface area contributed by atoms with E-state index in [1.165, 1.54) is 0 Å². The van der Waals surface area contributed by atoms with Crippen molar-refractivity contribution in [3.8, 4) is 0 Å². The summed E-state index contributed by atoms with van der Waals surface area (Å²) in [7, 11) is 0. The molecular formula is C18H14F20O3. The fourth-order valence-corrected chi connectivity index (χ4v) is 2.85. The van der Waals surface area contributed by atoms with Crippen molar-refractivity contribution >= 4 is 5.97 Å². The molecule has 0 aromatic heterocycles. The third kappa shape index (κ3) is 5.50. The van der Waals surface area contributed by atoms with Crippen molar-refractivity contribution in [2.24, 2.45) is 0 Å². The molecule has 0 radical (unpaired) electrons. The number of hydrogen-bond donors (Lipinski definition) is 1. The third-order valence-electron chi connectivity index (χ3n) is 5.30. The summed E-state index contributed by atoms with van der Waals surface area (Å²) in [5.74, 6) is -52.8.